The van der Waals surface area contributed by atoms with Crippen LogP contribution in [0.2, 0.25) is 0 Å². The predicted molar refractivity (Wildman–Crippen MR) is 37.2 cm³/mol. The molecular formula is C6H9NNa. The summed E-state index contributed by atoms with van der Waals surface area (Å²) in [6, 6.07) is 12.0. The number of hydrogen-bond acceptors (Lipinski definition) is 1. The van der Waals surface area contributed by atoms with Crippen LogP contribution in [0.5, 0.6) is 0 Å². The van der Waals surface area contributed by atoms with E-state index in [2.05, 4.69) is 0 Å². The van der Waals surface area contributed by atoms with Gasteiger partial charge in [-0.3, -0.25) is 0 Å². The SMILES string of the molecule is N.[Na].c1ccccc1. The minimum absolute atomic E-state index is 0. The standard InChI is InChI=1S/C6H6.H3N.Na/c1-2-4-6-5-3-1;;/h1-6H;1H3;. The van der Waals surface area contributed by atoms with Crippen LogP contribution in [0.1, 0.15) is 0 Å². The van der Waals surface area contributed by atoms with Gasteiger partial charge in [-0.15, -0.1) is 0 Å². The second-order valence-electron chi connectivity index (χ2n) is 1.15. The van der Waals surface area contributed by atoms with Crippen molar-refractivity contribution in [3.05, 3.63) is 36.4 Å². The third kappa shape index (κ3) is 4.34. The van der Waals surface area contributed by atoms with Gasteiger partial charge in [0.05, 0.1) is 0 Å². The van der Waals surface area contributed by atoms with Crippen molar-refractivity contribution in [3.63, 3.8) is 0 Å². The minimum atomic E-state index is 0. The zero-order valence-corrected chi connectivity index (χ0v) is 7.17. The smallest absolute Gasteiger partial charge is 0 e. The van der Waals surface area contributed by atoms with E-state index >= 15 is 0 Å². The van der Waals surface area contributed by atoms with E-state index in [9.17, 15) is 0 Å². The predicted octanol–water partition coefficient (Wildman–Crippen LogP) is 1.47. The van der Waals surface area contributed by atoms with Gasteiger partial charge >= 0.3 is 0 Å². The average Bonchev–Trinajstić information content (AvgIpc) is 1.72. The molecule has 0 bridgehead atoms. The summed E-state index contributed by atoms with van der Waals surface area (Å²) in [6.07, 6.45) is 0. The third-order valence-corrected chi connectivity index (χ3v) is 0.667. The monoisotopic (exact) mass is 118 g/mol. The maximum atomic E-state index is 2.00. The molecule has 0 saturated heterocycles. The molecule has 0 heterocycles. The van der Waals surface area contributed by atoms with E-state index < -0.39 is 0 Å². The topological polar surface area (TPSA) is 35.0 Å². The van der Waals surface area contributed by atoms with E-state index in [1.54, 1.807) is 0 Å². The molecule has 0 spiro atoms. The Morgan fingerprint density at radius 1 is 0.500 bits per heavy atom. The summed E-state index contributed by atoms with van der Waals surface area (Å²) in [4.78, 5) is 0. The zero-order valence-electron chi connectivity index (χ0n) is 5.17. The molecule has 8 heavy (non-hydrogen) atoms. The Balaban J connectivity index is 0. The molecule has 0 saturated carbocycles. The molecule has 1 aromatic carbocycles. The van der Waals surface area contributed by atoms with Crippen molar-refractivity contribution in [2.24, 2.45) is 0 Å². The Labute approximate surface area is 72.0 Å². The van der Waals surface area contributed by atoms with Crippen molar-refractivity contribution in [2.45, 2.75) is 0 Å². The maximum absolute atomic E-state index is 2.00. The van der Waals surface area contributed by atoms with Gasteiger partial charge in [-0.1, -0.05) is 36.4 Å². The fraction of sp³-hybridized carbons (Fsp3) is 0. The quantitative estimate of drug-likeness (QED) is 0.514. The van der Waals surface area contributed by atoms with Crippen LogP contribution < -0.4 is 6.15 Å². The fourth-order valence-corrected chi connectivity index (χ4v) is 0.385. The van der Waals surface area contributed by atoms with Gasteiger partial charge in [0.2, 0.25) is 0 Å². The Kier molecular flexibility index (Phi) is 9.91. The number of benzene rings is 1. The molecule has 0 fully saturated rings. The first kappa shape index (κ1) is 11.0. The molecule has 0 aromatic heterocycles. The van der Waals surface area contributed by atoms with Crippen molar-refractivity contribution < 1.29 is 0 Å². The molecule has 2 heteroatoms. The van der Waals surface area contributed by atoms with Crippen LogP contribution in [-0.2, 0) is 0 Å². The Morgan fingerprint density at radius 2 is 0.625 bits per heavy atom. The second kappa shape index (κ2) is 7.18. The van der Waals surface area contributed by atoms with Crippen molar-refractivity contribution in [1.29, 1.82) is 0 Å². The Bertz CT molecular complexity index is 80.5. The van der Waals surface area contributed by atoms with Crippen LogP contribution in [-0.4, -0.2) is 29.6 Å². The van der Waals surface area contributed by atoms with Gasteiger partial charge < -0.3 is 6.15 Å². The van der Waals surface area contributed by atoms with Gasteiger partial charge in [0.15, 0.2) is 0 Å². The molecule has 1 aromatic rings. The van der Waals surface area contributed by atoms with Crippen molar-refractivity contribution >= 4 is 29.6 Å². The molecule has 39 valence electrons. The first-order chi connectivity index (χ1) is 3.00. The Hall–Kier alpha value is 0.180. The molecule has 0 unspecified atom stereocenters. The molecule has 1 rings (SSSR count). The average molecular weight is 118 g/mol. The maximum Gasteiger partial charge on any atom is 0 e. The van der Waals surface area contributed by atoms with E-state index in [4.69, 9.17) is 0 Å². The normalized spacial score (nSPS) is 6.00. The van der Waals surface area contributed by atoms with Crippen LogP contribution in [0.3, 0.4) is 0 Å². The van der Waals surface area contributed by atoms with E-state index in [0.29, 0.717) is 0 Å². The van der Waals surface area contributed by atoms with Gasteiger partial charge in [-0.25, -0.2) is 0 Å². The van der Waals surface area contributed by atoms with E-state index in [1.165, 1.54) is 0 Å². The number of rotatable bonds is 0. The summed E-state index contributed by atoms with van der Waals surface area (Å²) in [5.74, 6) is 0. The Morgan fingerprint density at radius 3 is 0.750 bits per heavy atom. The molecule has 0 aliphatic carbocycles. The zero-order chi connectivity index (χ0) is 4.24. The fourth-order valence-electron chi connectivity index (χ4n) is 0.385. The summed E-state index contributed by atoms with van der Waals surface area (Å²) in [5.41, 5.74) is 0. The summed E-state index contributed by atoms with van der Waals surface area (Å²) < 4.78 is 0. The first-order valence-corrected chi connectivity index (χ1v) is 2.00. The van der Waals surface area contributed by atoms with Gasteiger partial charge in [-0.05, 0) is 0 Å². The van der Waals surface area contributed by atoms with Gasteiger partial charge in [0.1, 0.15) is 0 Å². The molecule has 0 aliphatic heterocycles. The molecule has 0 atom stereocenters. The molecule has 0 amide bonds. The van der Waals surface area contributed by atoms with Gasteiger partial charge in [0, 0.05) is 29.6 Å². The van der Waals surface area contributed by atoms with Crippen LogP contribution in [0, 0.1) is 0 Å². The summed E-state index contributed by atoms with van der Waals surface area (Å²) >= 11 is 0. The number of hydrogen-bond donors (Lipinski definition) is 1. The molecule has 1 nitrogen and oxygen atoms in total. The van der Waals surface area contributed by atoms with Crippen LogP contribution >= 0.6 is 0 Å². The van der Waals surface area contributed by atoms with Gasteiger partial charge in [0.25, 0.3) is 0 Å². The van der Waals surface area contributed by atoms with Crippen LogP contribution in [0.4, 0.5) is 0 Å². The second-order valence-corrected chi connectivity index (χ2v) is 1.15. The van der Waals surface area contributed by atoms with Crippen molar-refractivity contribution in [3.8, 4) is 0 Å². The largest absolute Gasteiger partial charge is 0.344 e. The molecular weight excluding hydrogens is 109 g/mol. The van der Waals surface area contributed by atoms with Gasteiger partial charge in [-0.2, -0.15) is 0 Å². The van der Waals surface area contributed by atoms with Crippen molar-refractivity contribution in [1.82, 2.24) is 6.15 Å². The third-order valence-electron chi connectivity index (χ3n) is 0.667. The molecule has 0 aliphatic rings. The first-order valence-electron chi connectivity index (χ1n) is 2.00. The molecule has 3 N–H and O–H groups in total. The summed E-state index contributed by atoms with van der Waals surface area (Å²) in [5, 5.41) is 0. The minimum Gasteiger partial charge on any atom is -0.344 e. The van der Waals surface area contributed by atoms with Crippen LogP contribution in [0.25, 0.3) is 0 Å². The van der Waals surface area contributed by atoms with Crippen molar-refractivity contribution in [2.75, 3.05) is 0 Å². The summed E-state index contributed by atoms with van der Waals surface area (Å²) in [6.45, 7) is 0. The van der Waals surface area contributed by atoms with E-state index in [0.717, 1.165) is 0 Å². The summed E-state index contributed by atoms with van der Waals surface area (Å²) in [7, 11) is 0. The van der Waals surface area contributed by atoms with Crippen LogP contribution in [0.15, 0.2) is 36.4 Å². The van der Waals surface area contributed by atoms with E-state index in [-0.39, 0.29) is 35.7 Å². The molecule has 1 radical (unpaired) electrons. The van der Waals surface area contributed by atoms with E-state index in [1.807, 2.05) is 36.4 Å².